The van der Waals surface area contributed by atoms with Crippen LogP contribution >= 0.6 is 0 Å². The molecule has 0 radical (unpaired) electrons. The first-order valence-corrected chi connectivity index (χ1v) is 4.75. The highest BCUT2D eigenvalue weighted by Crippen LogP contribution is 2.30. The predicted octanol–water partition coefficient (Wildman–Crippen LogP) is 2.90. The number of hydrogen-bond donors (Lipinski definition) is 1. The van der Waals surface area contributed by atoms with Crippen LogP contribution in [0.5, 0.6) is 5.75 Å². The Morgan fingerprint density at radius 1 is 1.24 bits per heavy atom. The van der Waals surface area contributed by atoms with E-state index >= 15 is 0 Å². The summed E-state index contributed by atoms with van der Waals surface area (Å²) in [6, 6.07) is 4.15. The van der Waals surface area contributed by atoms with Crippen molar-refractivity contribution < 1.29 is 22.3 Å². The zero-order chi connectivity index (χ0) is 12.9. The van der Waals surface area contributed by atoms with Crippen LogP contribution in [0.15, 0.2) is 36.2 Å². The molecule has 2 nitrogen and oxygen atoms in total. The summed E-state index contributed by atoms with van der Waals surface area (Å²) in [5.74, 6) is 0.228. The summed E-state index contributed by atoms with van der Waals surface area (Å²) in [5, 5.41) is 0. The van der Waals surface area contributed by atoms with Gasteiger partial charge in [0.1, 0.15) is 12.4 Å². The van der Waals surface area contributed by atoms with E-state index in [4.69, 9.17) is 10.5 Å². The van der Waals surface area contributed by atoms with Gasteiger partial charge in [0.15, 0.2) is 0 Å². The lowest BCUT2D eigenvalue weighted by molar-refractivity contribution is -0.137. The van der Waals surface area contributed by atoms with Gasteiger partial charge in [0.05, 0.1) is 11.9 Å². The lowest BCUT2D eigenvalue weighted by Gasteiger charge is -2.09. The molecule has 1 aromatic carbocycles. The van der Waals surface area contributed by atoms with Crippen LogP contribution < -0.4 is 10.5 Å². The Morgan fingerprint density at radius 2 is 1.82 bits per heavy atom. The van der Waals surface area contributed by atoms with Crippen LogP contribution in [0.4, 0.5) is 17.6 Å². The van der Waals surface area contributed by atoms with Crippen LogP contribution in [0.2, 0.25) is 0 Å². The molecule has 0 saturated carbocycles. The first-order chi connectivity index (χ1) is 7.97. The van der Waals surface area contributed by atoms with E-state index in [0.717, 1.165) is 12.1 Å². The number of alkyl halides is 3. The number of nitrogens with two attached hydrogens (primary N) is 1. The van der Waals surface area contributed by atoms with Gasteiger partial charge in [-0.25, -0.2) is 4.39 Å². The topological polar surface area (TPSA) is 35.2 Å². The van der Waals surface area contributed by atoms with Gasteiger partial charge >= 0.3 is 6.18 Å². The SMILES string of the molecule is NC/C(=C/F)COc1ccc(C(F)(F)F)cc1. The van der Waals surface area contributed by atoms with E-state index in [1.807, 2.05) is 0 Å². The average Bonchev–Trinajstić information content (AvgIpc) is 2.30. The second-order valence-electron chi connectivity index (χ2n) is 3.28. The van der Waals surface area contributed by atoms with Crippen molar-refractivity contribution in [2.75, 3.05) is 13.2 Å². The third kappa shape index (κ3) is 4.07. The molecule has 0 bridgehead atoms. The minimum atomic E-state index is -4.38. The van der Waals surface area contributed by atoms with Gasteiger partial charge in [-0.1, -0.05) is 0 Å². The molecule has 1 rings (SSSR count). The van der Waals surface area contributed by atoms with Gasteiger partial charge in [-0.15, -0.1) is 0 Å². The van der Waals surface area contributed by atoms with Crippen LogP contribution in [-0.2, 0) is 6.18 Å². The Bertz CT molecular complexity index is 383. The van der Waals surface area contributed by atoms with Crippen molar-refractivity contribution in [1.82, 2.24) is 0 Å². The van der Waals surface area contributed by atoms with Gasteiger partial charge in [-0.2, -0.15) is 13.2 Å². The first-order valence-electron chi connectivity index (χ1n) is 4.75. The fourth-order valence-corrected chi connectivity index (χ4v) is 1.05. The molecule has 94 valence electrons. The van der Waals surface area contributed by atoms with E-state index in [1.165, 1.54) is 12.1 Å². The molecule has 1 aromatic rings. The second kappa shape index (κ2) is 5.67. The molecule has 0 amide bonds. The molecule has 0 heterocycles. The Balaban J connectivity index is 2.63. The van der Waals surface area contributed by atoms with Crippen molar-refractivity contribution in [2.45, 2.75) is 6.18 Å². The van der Waals surface area contributed by atoms with Crippen LogP contribution in [0.3, 0.4) is 0 Å². The molecule has 0 fully saturated rings. The molecule has 0 spiro atoms. The standard InChI is InChI=1S/C11H11F4NO/c12-5-8(6-16)7-17-10-3-1-9(2-4-10)11(13,14)15/h1-5H,6-7,16H2/b8-5-. The van der Waals surface area contributed by atoms with Crippen molar-refractivity contribution in [3.63, 3.8) is 0 Å². The molecule has 0 unspecified atom stereocenters. The number of ether oxygens (including phenoxy) is 1. The minimum Gasteiger partial charge on any atom is -0.489 e. The molecule has 2 N–H and O–H groups in total. The van der Waals surface area contributed by atoms with Crippen LogP contribution in [0, 0.1) is 0 Å². The van der Waals surface area contributed by atoms with Gasteiger partial charge in [-0.3, -0.25) is 0 Å². The van der Waals surface area contributed by atoms with Crippen molar-refractivity contribution in [2.24, 2.45) is 5.73 Å². The smallest absolute Gasteiger partial charge is 0.416 e. The van der Waals surface area contributed by atoms with Crippen molar-refractivity contribution in [3.05, 3.63) is 41.7 Å². The lowest BCUT2D eigenvalue weighted by Crippen LogP contribution is -2.11. The maximum atomic E-state index is 12.2. The normalized spacial score (nSPS) is 12.6. The first kappa shape index (κ1) is 13.5. The fourth-order valence-electron chi connectivity index (χ4n) is 1.05. The molecular weight excluding hydrogens is 238 g/mol. The second-order valence-corrected chi connectivity index (χ2v) is 3.28. The largest absolute Gasteiger partial charge is 0.489 e. The molecule has 0 aromatic heterocycles. The maximum absolute atomic E-state index is 12.2. The van der Waals surface area contributed by atoms with E-state index < -0.39 is 11.7 Å². The van der Waals surface area contributed by atoms with Crippen molar-refractivity contribution in [3.8, 4) is 5.75 Å². The molecule has 0 aliphatic carbocycles. The quantitative estimate of drug-likeness (QED) is 0.833. The number of benzene rings is 1. The fraction of sp³-hybridized carbons (Fsp3) is 0.273. The molecule has 0 atom stereocenters. The molecule has 6 heteroatoms. The predicted molar refractivity (Wildman–Crippen MR) is 55.2 cm³/mol. The Kier molecular flexibility index (Phi) is 4.51. The van der Waals surface area contributed by atoms with Gasteiger partial charge in [0.25, 0.3) is 0 Å². The third-order valence-electron chi connectivity index (χ3n) is 2.02. The van der Waals surface area contributed by atoms with E-state index in [0.29, 0.717) is 6.33 Å². The Morgan fingerprint density at radius 3 is 2.24 bits per heavy atom. The van der Waals surface area contributed by atoms with Crippen molar-refractivity contribution in [1.29, 1.82) is 0 Å². The Labute approximate surface area is 95.7 Å². The van der Waals surface area contributed by atoms with Crippen LogP contribution in [0.25, 0.3) is 0 Å². The summed E-state index contributed by atoms with van der Waals surface area (Å²) < 4.78 is 53.9. The molecule has 0 saturated heterocycles. The summed E-state index contributed by atoms with van der Waals surface area (Å²) in [6.45, 7) is -0.0878. The van der Waals surface area contributed by atoms with E-state index in [1.54, 1.807) is 0 Å². The van der Waals surface area contributed by atoms with Crippen molar-refractivity contribution >= 4 is 0 Å². The molecular formula is C11H11F4NO. The van der Waals surface area contributed by atoms with Gasteiger partial charge in [-0.05, 0) is 24.3 Å². The molecule has 17 heavy (non-hydrogen) atoms. The summed E-state index contributed by atoms with van der Waals surface area (Å²) in [4.78, 5) is 0. The monoisotopic (exact) mass is 249 g/mol. The highest BCUT2D eigenvalue weighted by molar-refractivity contribution is 5.29. The summed E-state index contributed by atoms with van der Waals surface area (Å²) in [5.41, 5.74) is 4.66. The van der Waals surface area contributed by atoms with Crippen LogP contribution in [0.1, 0.15) is 5.56 Å². The van der Waals surface area contributed by atoms with Crippen LogP contribution in [-0.4, -0.2) is 13.2 Å². The number of hydrogen-bond acceptors (Lipinski definition) is 2. The summed E-state index contributed by atoms with van der Waals surface area (Å²) in [7, 11) is 0. The maximum Gasteiger partial charge on any atom is 0.416 e. The van der Waals surface area contributed by atoms with Gasteiger partial charge in [0.2, 0.25) is 0 Å². The van der Waals surface area contributed by atoms with E-state index in [2.05, 4.69) is 0 Å². The highest BCUT2D eigenvalue weighted by atomic mass is 19.4. The highest BCUT2D eigenvalue weighted by Gasteiger charge is 2.29. The summed E-state index contributed by atoms with van der Waals surface area (Å²) >= 11 is 0. The Hall–Kier alpha value is -1.56. The molecule has 0 aliphatic heterocycles. The van der Waals surface area contributed by atoms with E-state index in [9.17, 15) is 17.6 Å². The zero-order valence-electron chi connectivity index (χ0n) is 8.80. The van der Waals surface area contributed by atoms with Gasteiger partial charge < -0.3 is 10.5 Å². The van der Waals surface area contributed by atoms with E-state index in [-0.39, 0.29) is 24.5 Å². The minimum absolute atomic E-state index is 0.00284. The molecule has 0 aliphatic rings. The third-order valence-corrected chi connectivity index (χ3v) is 2.02. The lowest BCUT2D eigenvalue weighted by atomic mass is 10.2. The average molecular weight is 249 g/mol. The van der Waals surface area contributed by atoms with Gasteiger partial charge in [0, 0.05) is 12.1 Å². The number of halogens is 4. The zero-order valence-corrected chi connectivity index (χ0v) is 8.80. The summed E-state index contributed by atoms with van der Waals surface area (Å²) in [6.07, 6.45) is -4.05. The number of rotatable bonds is 4.